The molecule has 1 saturated heterocycles. The van der Waals surface area contributed by atoms with Crippen LogP contribution in [0.5, 0.6) is 0 Å². The average Bonchev–Trinajstić information content (AvgIpc) is 3.13. The van der Waals surface area contributed by atoms with E-state index in [1.165, 1.54) is 29.6 Å². The Balaban J connectivity index is 1.76. The van der Waals surface area contributed by atoms with Gasteiger partial charge in [-0.25, -0.2) is 0 Å². The number of methoxy groups -OCH3 is 1. The second-order valence-electron chi connectivity index (χ2n) is 7.17. The van der Waals surface area contributed by atoms with Gasteiger partial charge in [-0.05, 0) is 43.5 Å². The zero-order chi connectivity index (χ0) is 22.6. The number of ether oxygens (including phenoxy) is 2. The van der Waals surface area contributed by atoms with Gasteiger partial charge in [0.25, 0.3) is 0 Å². The second-order valence-corrected chi connectivity index (χ2v) is 8.54. The van der Waals surface area contributed by atoms with Gasteiger partial charge in [0.05, 0.1) is 11.3 Å². The highest BCUT2D eigenvalue weighted by atomic mass is 32.2. The maximum absolute atomic E-state index is 13.2. The van der Waals surface area contributed by atoms with Crippen LogP contribution in [0.15, 0.2) is 35.2 Å². The number of rotatable bonds is 7. The fraction of sp³-hybridized carbons (Fsp3) is 0.550. The third-order valence-electron chi connectivity index (χ3n) is 4.85. The SMILES string of the molecule is COCCCn1nc(C(F)(F)F)cc1C1CC(Sc2cccc(C(F)(F)F)c2)CCO1. The van der Waals surface area contributed by atoms with Gasteiger partial charge in [0.1, 0.15) is 6.10 Å². The first kappa shape index (κ1) is 23.9. The third-order valence-corrected chi connectivity index (χ3v) is 6.14. The summed E-state index contributed by atoms with van der Waals surface area (Å²) in [5.74, 6) is 0. The van der Waals surface area contributed by atoms with Crippen LogP contribution >= 0.6 is 11.8 Å². The highest BCUT2D eigenvalue weighted by Gasteiger charge is 2.37. The lowest BCUT2D eigenvalue weighted by molar-refractivity contribution is -0.141. The summed E-state index contributed by atoms with van der Waals surface area (Å²) in [5, 5.41) is 3.60. The molecule has 0 saturated carbocycles. The minimum absolute atomic E-state index is 0.0982. The Morgan fingerprint density at radius 1 is 1.16 bits per heavy atom. The molecule has 2 heterocycles. The van der Waals surface area contributed by atoms with Gasteiger partial charge >= 0.3 is 12.4 Å². The van der Waals surface area contributed by atoms with Crippen molar-refractivity contribution in [2.75, 3.05) is 20.3 Å². The molecule has 1 fully saturated rings. The molecule has 1 aliphatic rings. The van der Waals surface area contributed by atoms with Crippen molar-refractivity contribution in [2.45, 2.75) is 54.4 Å². The maximum atomic E-state index is 13.2. The number of aromatic nitrogens is 2. The largest absolute Gasteiger partial charge is 0.435 e. The zero-order valence-corrected chi connectivity index (χ0v) is 17.5. The summed E-state index contributed by atoms with van der Waals surface area (Å²) >= 11 is 1.28. The van der Waals surface area contributed by atoms with Gasteiger partial charge in [0.15, 0.2) is 5.69 Å². The predicted octanol–water partition coefficient (Wildman–Crippen LogP) is 5.97. The Morgan fingerprint density at radius 3 is 2.61 bits per heavy atom. The second kappa shape index (κ2) is 9.83. The van der Waals surface area contributed by atoms with E-state index in [-0.39, 0.29) is 11.8 Å². The molecule has 0 bridgehead atoms. The fourth-order valence-corrected chi connectivity index (χ4v) is 4.61. The summed E-state index contributed by atoms with van der Waals surface area (Å²) in [4.78, 5) is 0.463. The minimum atomic E-state index is -4.58. The van der Waals surface area contributed by atoms with Gasteiger partial charge in [-0.2, -0.15) is 31.4 Å². The Morgan fingerprint density at radius 2 is 1.94 bits per heavy atom. The van der Waals surface area contributed by atoms with E-state index in [4.69, 9.17) is 9.47 Å². The van der Waals surface area contributed by atoms with Gasteiger partial charge < -0.3 is 9.47 Å². The molecule has 1 aromatic heterocycles. The molecule has 0 amide bonds. The molecule has 0 spiro atoms. The number of benzene rings is 1. The summed E-state index contributed by atoms with van der Waals surface area (Å²) in [7, 11) is 1.50. The Kier molecular flexibility index (Phi) is 7.59. The molecule has 172 valence electrons. The monoisotopic (exact) mass is 468 g/mol. The molecule has 1 aromatic carbocycles. The van der Waals surface area contributed by atoms with Gasteiger partial charge in [-0.1, -0.05) is 6.07 Å². The van der Waals surface area contributed by atoms with Crippen LogP contribution in [0, 0.1) is 0 Å². The highest BCUT2D eigenvalue weighted by molar-refractivity contribution is 8.00. The van der Waals surface area contributed by atoms with E-state index < -0.39 is 29.7 Å². The topological polar surface area (TPSA) is 36.3 Å². The fourth-order valence-electron chi connectivity index (χ4n) is 3.38. The third kappa shape index (κ3) is 6.39. The van der Waals surface area contributed by atoms with Crippen molar-refractivity contribution < 1.29 is 35.8 Å². The van der Waals surface area contributed by atoms with Crippen molar-refractivity contribution in [2.24, 2.45) is 0 Å². The average molecular weight is 468 g/mol. The number of hydrogen-bond acceptors (Lipinski definition) is 4. The molecule has 3 rings (SSSR count). The number of thioether (sulfide) groups is 1. The molecule has 1 aliphatic heterocycles. The first-order chi connectivity index (χ1) is 14.6. The Labute approximate surface area is 179 Å². The summed E-state index contributed by atoms with van der Waals surface area (Å²) < 4.78 is 90.5. The van der Waals surface area contributed by atoms with Crippen LogP contribution in [0.25, 0.3) is 0 Å². The van der Waals surface area contributed by atoms with Crippen molar-refractivity contribution in [3.63, 3.8) is 0 Å². The van der Waals surface area contributed by atoms with Crippen molar-refractivity contribution in [3.8, 4) is 0 Å². The number of hydrogen-bond donors (Lipinski definition) is 0. The van der Waals surface area contributed by atoms with E-state index >= 15 is 0 Å². The number of alkyl halides is 6. The predicted molar refractivity (Wildman–Crippen MR) is 103 cm³/mol. The van der Waals surface area contributed by atoms with Crippen LogP contribution in [-0.2, 0) is 28.4 Å². The number of aryl methyl sites for hydroxylation is 1. The molecule has 2 aromatic rings. The molecule has 4 nitrogen and oxygen atoms in total. The molecular formula is C20H22F6N2O2S. The molecule has 2 unspecified atom stereocenters. The Hall–Kier alpha value is -1.72. The Bertz CT molecular complexity index is 868. The molecule has 0 radical (unpaired) electrons. The van der Waals surface area contributed by atoms with Crippen LogP contribution in [0.4, 0.5) is 26.3 Å². The first-order valence-corrected chi connectivity index (χ1v) is 10.6. The van der Waals surface area contributed by atoms with Crippen LogP contribution in [-0.4, -0.2) is 35.4 Å². The lowest BCUT2D eigenvalue weighted by Crippen LogP contribution is -2.24. The summed E-state index contributed by atoms with van der Waals surface area (Å²) in [6.07, 6.45) is -8.20. The van der Waals surface area contributed by atoms with E-state index in [1.54, 1.807) is 6.07 Å². The van der Waals surface area contributed by atoms with Crippen molar-refractivity contribution in [1.29, 1.82) is 0 Å². The first-order valence-electron chi connectivity index (χ1n) is 9.67. The lowest BCUT2D eigenvalue weighted by atomic mass is 10.1. The molecule has 31 heavy (non-hydrogen) atoms. The van der Waals surface area contributed by atoms with Crippen LogP contribution in [0.1, 0.15) is 42.3 Å². The standard InChI is InChI=1S/C20H22F6N2O2S/c1-29-8-3-7-28-16(12-18(27-28)20(24,25)26)17-11-15(6-9-30-17)31-14-5-2-4-13(10-14)19(21,22)23/h2,4-5,10,12,15,17H,3,6-9,11H2,1H3. The molecule has 0 N–H and O–H groups in total. The number of nitrogens with zero attached hydrogens (tertiary/aromatic N) is 2. The molecule has 0 aliphatic carbocycles. The lowest BCUT2D eigenvalue weighted by Gasteiger charge is -2.29. The summed E-state index contributed by atoms with van der Waals surface area (Å²) in [5.41, 5.74) is -1.40. The highest BCUT2D eigenvalue weighted by Crippen LogP contribution is 2.40. The van der Waals surface area contributed by atoms with Gasteiger partial charge in [0, 0.05) is 37.0 Å². The number of halogens is 6. The molecule has 2 atom stereocenters. The maximum Gasteiger partial charge on any atom is 0.435 e. The van der Waals surface area contributed by atoms with E-state index in [9.17, 15) is 26.3 Å². The van der Waals surface area contributed by atoms with Crippen LogP contribution in [0.2, 0.25) is 0 Å². The van der Waals surface area contributed by atoms with Gasteiger partial charge in [-0.15, -0.1) is 11.8 Å². The van der Waals surface area contributed by atoms with E-state index in [0.717, 1.165) is 18.2 Å². The normalized spacial score (nSPS) is 20.2. The van der Waals surface area contributed by atoms with E-state index in [2.05, 4.69) is 5.10 Å². The zero-order valence-electron chi connectivity index (χ0n) is 16.7. The van der Waals surface area contributed by atoms with Gasteiger partial charge in [-0.3, -0.25) is 4.68 Å². The van der Waals surface area contributed by atoms with Crippen LogP contribution < -0.4 is 0 Å². The minimum Gasteiger partial charge on any atom is -0.385 e. The van der Waals surface area contributed by atoms with E-state index in [0.29, 0.717) is 43.1 Å². The van der Waals surface area contributed by atoms with Crippen molar-refractivity contribution >= 4 is 11.8 Å². The van der Waals surface area contributed by atoms with Gasteiger partial charge in [0.2, 0.25) is 0 Å². The smallest absolute Gasteiger partial charge is 0.385 e. The summed E-state index contributed by atoms with van der Waals surface area (Å²) in [6, 6.07) is 6.04. The molecule has 11 heteroatoms. The summed E-state index contributed by atoms with van der Waals surface area (Å²) in [6.45, 7) is 0.913. The van der Waals surface area contributed by atoms with Crippen molar-refractivity contribution in [1.82, 2.24) is 9.78 Å². The van der Waals surface area contributed by atoms with Crippen LogP contribution in [0.3, 0.4) is 0 Å². The van der Waals surface area contributed by atoms with Crippen molar-refractivity contribution in [3.05, 3.63) is 47.3 Å². The van der Waals surface area contributed by atoms with E-state index in [1.807, 2.05) is 0 Å². The molecular weight excluding hydrogens is 446 g/mol. The quantitative estimate of drug-likeness (QED) is 0.371.